The zero-order chi connectivity index (χ0) is 20.8. The third-order valence-corrected chi connectivity index (χ3v) is 5.28. The predicted octanol–water partition coefficient (Wildman–Crippen LogP) is 3.89. The molecule has 28 heavy (non-hydrogen) atoms. The smallest absolute Gasteiger partial charge is 0.339 e. The molecule has 1 heterocycles. The van der Waals surface area contributed by atoms with Crippen LogP contribution in [0.15, 0.2) is 23.1 Å². The van der Waals surface area contributed by atoms with Crippen LogP contribution in [0.1, 0.15) is 30.1 Å². The number of benzene rings is 2. The summed E-state index contributed by atoms with van der Waals surface area (Å²) in [7, 11) is -5.01. The highest BCUT2D eigenvalue weighted by Gasteiger charge is 2.32. The van der Waals surface area contributed by atoms with Gasteiger partial charge in [-0.2, -0.15) is 17.2 Å². The van der Waals surface area contributed by atoms with Gasteiger partial charge in [-0.1, -0.05) is 6.92 Å². The number of carbonyl (C=O) groups is 1. The Morgan fingerprint density at radius 2 is 1.61 bits per heavy atom. The maximum Gasteiger partial charge on any atom is 0.339 e. The lowest BCUT2D eigenvalue weighted by Gasteiger charge is -2.24. The molecule has 0 bridgehead atoms. The van der Waals surface area contributed by atoms with Crippen molar-refractivity contribution in [3.8, 4) is 11.5 Å². The van der Waals surface area contributed by atoms with Crippen molar-refractivity contribution in [2.45, 2.75) is 30.8 Å². The van der Waals surface area contributed by atoms with Gasteiger partial charge in [0.15, 0.2) is 5.78 Å². The highest BCUT2D eigenvalue weighted by molar-refractivity contribution is 7.87. The number of rotatable bonds is 4. The Kier molecular flexibility index (Phi) is 5.04. The lowest BCUT2D eigenvalue weighted by molar-refractivity contribution is 0.0844. The van der Waals surface area contributed by atoms with Crippen LogP contribution in [0, 0.1) is 29.1 Å². The van der Waals surface area contributed by atoms with Crippen LogP contribution in [-0.4, -0.2) is 20.3 Å². The first-order valence-electron chi connectivity index (χ1n) is 7.86. The fraction of sp³-hybridized carbons (Fsp3) is 0.235. The molecular weight excluding hydrogens is 411 g/mol. The maximum atomic E-state index is 13.7. The molecule has 0 saturated heterocycles. The summed E-state index contributed by atoms with van der Waals surface area (Å²) >= 11 is 0. The molecule has 2 aromatic rings. The van der Waals surface area contributed by atoms with Crippen molar-refractivity contribution >= 4 is 15.9 Å². The van der Waals surface area contributed by atoms with E-state index in [4.69, 9.17) is 4.74 Å². The van der Waals surface area contributed by atoms with Gasteiger partial charge in [0, 0.05) is 12.5 Å². The normalized spacial score (nSPS) is 16.5. The van der Waals surface area contributed by atoms with E-state index in [9.17, 15) is 35.2 Å². The Bertz CT molecular complexity index is 1050. The summed E-state index contributed by atoms with van der Waals surface area (Å²) in [5, 5.41) is 0. The second-order valence-electron chi connectivity index (χ2n) is 5.87. The van der Waals surface area contributed by atoms with Crippen molar-refractivity contribution in [2.75, 3.05) is 0 Å². The fourth-order valence-corrected chi connectivity index (χ4v) is 3.52. The standard InChI is InChI=1S/C17H11F5O5S/c1-2-7-5-10(23)9-4-3-8(6-11(9)26-7)28(24,25)27-17-15(21)13(19)12(18)14(20)16(17)22/h3-4,6-7H,2,5H2,1H3. The number of ketones is 1. The van der Waals surface area contributed by atoms with Crippen LogP contribution < -0.4 is 8.92 Å². The van der Waals surface area contributed by atoms with Crippen molar-refractivity contribution < 1.29 is 44.1 Å². The molecule has 3 rings (SSSR count). The summed E-state index contributed by atoms with van der Waals surface area (Å²) in [6, 6.07) is 2.89. The average Bonchev–Trinajstić information content (AvgIpc) is 2.67. The van der Waals surface area contributed by atoms with Gasteiger partial charge in [-0.25, -0.2) is 13.2 Å². The molecule has 1 unspecified atom stereocenters. The summed E-state index contributed by atoms with van der Waals surface area (Å²) in [4.78, 5) is 11.3. The SMILES string of the molecule is CCC1CC(=O)c2ccc(S(=O)(=O)Oc3c(F)c(F)c(F)c(F)c3F)cc2O1. The van der Waals surface area contributed by atoms with Crippen LogP contribution in [0.25, 0.3) is 0 Å². The number of fused-ring (bicyclic) bond motifs is 1. The predicted molar refractivity (Wildman–Crippen MR) is 84.1 cm³/mol. The average molecular weight is 422 g/mol. The Hall–Kier alpha value is -2.69. The first kappa shape index (κ1) is 20.1. The molecule has 5 nitrogen and oxygen atoms in total. The van der Waals surface area contributed by atoms with Crippen LogP contribution in [0.5, 0.6) is 11.5 Å². The molecule has 0 radical (unpaired) electrons. The largest absolute Gasteiger partial charge is 0.489 e. The van der Waals surface area contributed by atoms with Crippen LogP contribution >= 0.6 is 0 Å². The van der Waals surface area contributed by atoms with Gasteiger partial charge in [0.1, 0.15) is 16.7 Å². The van der Waals surface area contributed by atoms with Gasteiger partial charge >= 0.3 is 10.1 Å². The Morgan fingerprint density at radius 3 is 2.18 bits per heavy atom. The Morgan fingerprint density at radius 1 is 1.04 bits per heavy atom. The van der Waals surface area contributed by atoms with Crippen LogP contribution in [0.4, 0.5) is 22.0 Å². The van der Waals surface area contributed by atoms with Gasteiger partial charge < -0.3 is 8.92 Å². The minimum Gasteiger partial charge on any atom is -0.489 e. The first-order chi connectivity index (χ1) is 13.1. The summed E-state index contributed by atoms with van der Waals surface area (Å²) in [6.07, 6.45) is 0.0638. The first-order valence-corrected chi connectivity index (χ1v) is 9.27. The molecule has 0 fully saturated rings. The zero-order valence-electron chi connectivity index (χ0n) is 14.1. The third-order valence-electron chi connectivity index (χ3n) is 4.07. The van der Waals surface area contributed by atoms with E-state index in [0.29, 0.717) is 6.42 Å². The number of Topliss-reactive ketones (excluding diaryl/α,β-unsaturated/α-hetero) is 1. The molecule has 0 amide bonds. The van der Waals surface area contributed by atoms with E-state index in [2.05, 4.69) is 4.18 Å². The number of hydrogen-bond donors (Lipinski definition) is 0. The van der Waals surface area contributed by atoms with Gasteiger partial charge in [-0.15, -0.1) is 0 Å². The molecule has 1 aliphatic heterocycles. The number of ether oxygens (including phenoxy) is 1. The van der Waals surface area contributed by atoms with E-state index in [1.54, 1.807) is 6.92 Å². The fourth-order valence-electron chi connectivity index (χ4n) is 2.57. The van der Waals surface area contributed by atoms with Gasteiger partial charge in [-0.05, 0) is 18.6 Å². The maximum absolute atomic E-state index is 13.7. The molecule has 150 valence electrons. The molecule has 0 aromatic heterocycles. The summed E-state index contributed by atoms with van der Waals surface area (Å²) in [6.45, 7) is 1.75. The van der Waals surface area contributed by atoms with Crippen LogP contribution in [-0.2, 0) is 10.1 Å². The van der Waals surface area contributed by atoms with Crippen LogP contribution in [0.3, 0.4) is 0 Å². The van der Waals surface area contributed by atoms with Gasteiger partial charge in [0.2, 0.25) is 34.8 Å². The van der Waals surface area contributed by atoms with Crippen molar-refractivity contribution in [3.05, 3.63) is 52.8 Å². The molecule has 0 saturated carbocycles. The molecule has 0 spiro atoms. The highest BCUT2D eigenvalue weighted by Crippen LogP contribution is 2.34. The van der Waals surface area contributed by atoms with E-state index in [-0.39, 0.29) is 23.5 Å². The van der Waals surface area contributed by atoms with Crippen molar-refractivity contribution in [1.29, 1.82) is 0 Å². The quantitative estimate of drug-likeness (QED) is 0.324. The van der Waals surface area contributed by atoms with Crippen LogP contribution in [0.2, 0.25) is 0 Å². The van der Waals surface area contributed by atoms with E-state index in [1.807, 2.05) is 0 Å². The Labute approximate surface area is 155 Å². The van der Waals surface area contributed by atoms with Crippen molar-refractivity contribution in [3.63, 3.8) is 0 Å². The second-order valence-corrected chi connectivity index (χ2v) is 7.42. The molecule has 0 N–H and O–H groups in total. The van der Waals surface area contributed by atoms with Gasteiger partial charge in [0.05, 0.1) is 5.56 Å². The number of hydrogen-bond acceptors (Lipinski definition) is 5. The van der Waals surface area contributed by atoms with Gasteiger partial charge in [-0.3, -0.25) is 4.79 Å². The highest BCUT2D eigenvalue weighted by atomic mass is 32.2. The lowest BCUT2D eigenvalue weighted by Crippen LogP contribution is -2.26. The van der Waals surface area contributed by atoms with E-state index in [0.717, 1.165) is 18.2 Å². The minimum atomic E-state index is -5.01. The molecule has 11 heteroatoms. The molecule has 1 aliphatic rings. The topological polar surface area (TPSA) is 69.7 Å². The summed E-state index contributed by atoms with van der Waals surface area (Å²) in [5.41, 5.74) is 0.0971. The molecule has 1 atom stereocenters. The second kappa shape index (κ2) is 7.04. The Balaban J connectivity index is 2.03. The zero-order valence-corrected chi connectivity index (χ0v) is 14.9. The van der Waals surface area contributed by atoms with E-state index >= 15 is 0 Å². The number of halogens is 5. The minimum absolute atomic E-state index is 0.0924. The molecule has 0 aliphatic carbocycles. The molecule has 2 aromatic carbocycles. The van der Waals surface area contributed by atoms with Crippen molar-refractivity contribution in [2.24, 2.45) is 0 Å². The van der Waals surface area contributed by atoms with Crippen molar-refractivity contribution in [1.82, 2.24) is 0 Å². The molecular formula is C17H11F5O5S. The summed E-state index contributed by atoms with van der Waals surface area (Å²) < 4.78 is 101. The third kappa shape index (κ3) is 3.30. The van der Waals surface area contributed by atoms with E-state index < -0.39 is 56.0 Å². The van der Waals surface area contributed by atoms with E-state index in [1.165, 1.54) is 0 Å². The summed E-state index contributed by atoms with van der Waals surface area (Å²) in [5.74, 6) is -14.4. The monoisotopic (exact) mass is 422 g/mol. The van der Waals surface area contributed by atoms with Gasteiger partial charge in [0.25, 0.3) is 0 Å². The number of carbonyl (C=O) groups excluding carboxylic acids is 1. The lowest BCUT2D eigenvalue weighted by atomic mass is 10.00.